The maximum absolute atomic E-state index is 5.60. The molecule has 1 heterocycles. The quantitative estimate of drug-likeness (QED) is 0.712. The van der Waals surface area contributed by atoms with Crippen LogP contribution in [0.25, 0.3) is 0 Å². The van der Waals surface area contributed by atoms with Gasteiger partial charge in [-0.2, -0.15) is 0 Å². The molecule has 0 radical (unpaired) electrons. The van der Waals surface area contributed by atoms with Crippen LogP contribution in [0.3, 0.4) is 0 Å². The minimum Gasteiger partial charge on any atom is -0.390 e. The van der Waals surface area contributed by atoms with Gasteiger partial charge in [-0.05, 0) is 28.7 Å². The third-order valence-corrected chi connectivity index (χ3v) is 3.03. The topological polar surface area (TPSA) is 26.0 Å². The van der Waals surface area contributed by atoms with Crippen molar-refractivity contribution in [2.45, 2.75) is 0 Å². The van der Waals surface area contributed by atoms with Crippen molar-refractivity contribution in [2.24, 2.45) is 0 Å². The summed E-state index contributed by atoms with van der Waals surface area (Å²) in [6.45, 7) is 0. The van der Waals surface area contributed by atoms with Crippen molar-refractivity contribution in [1.29, 1.82) is 0 Å². The lowest BCUT2D eigenvalue weighted by Gasteiger charge is -1.78. The van der Waals surface area contributed by atoms with Gasteiger partial charge < -0.3 is 5.73 Å². The zero-order chi connectivity index (χ0) is 6.15. The highest BCUT2D eigenvalue weighted by Gasteiger charge is 1.98. The average Bonchev–Trinajstić information content (AvgIpc) is 1.85. The fourth-order valence-electron chi connectivity index (χ4n) is 0.354. The van der Waals surface area contributed by atoms with Crippen LogP contribution < -0.4 is 5.73 Å². The molecule has 0 saturated heterocycles. The molecule has 1 aromatic rings. The van der Waals surface area contributed by atoms with Gasteiger partial charge in [0.15, 0.2) is 0 Å². The predicted molar refractivity (Wildman–Crippen MR) is 46.5 cm³/mol. The summed E-state index contributed by atoms with van der Waals surface area (Å²) in [5.41, 5.74) is 5.47. The van der Waals surface area contributed by atoms with Gasteiger partial charge in [0, 0.05) is 3.57 Å². The van der Waals surface area contributed by atoms with Crippen LogP contribution in [-0.4, -0.2) is 0 Å². The number of hydrogen-bond donors (Lipinski definition) is 1. The first-order chi connectivity index (χ1) is 3.70. The number of rotatable bonds is 0. The van der Waals surface area contributed by atoms with Crippen LogP contribution in [0, 0.1) is 3.57 Å². The molecule has 0 atom stereocenters. The molecule has 0 aromatic carbocycles. The van der Waals surface area contributed by atoms with Crippen molar-refractivity contribution in [1.82, 2.24) is 0 Å². The fourth-order valence-corrected chi connectivity index (χ4v) is 2.29. The monoisotopic (exact) mass is 259 g/mol. The summed E-state index contributed by atoms with van der Waals surface area (Å²) < 4.78 is 1.80. The van der Waals surface area contributed by atoms with Gasteiger partial charge in [0.2, 0.25) is 0 Å². The summed E-state index contributed by atoms with van der Waals surface area (Å²) in [5, 5.41) is 0.801. The molecule has 2 N–H and O–H groups in total. The maximum Gasteiger partial charge on any atom is 0.101 e. The van der Waals surface area contributed by atoms with E-state index in [0.29, 0.717) is 0 Å². The zero-order valence-electron chi connectivity index (χ0n) is 3.82. The highest BCUT2D eigenvalue weighted by atomic mass is 127. The van der Waals surface area contributed by atoms with Crippen LogP contribution in [-0.2, 0) is 0 Å². The third-order valence-electron chi connectivity index (χ3n) is 0.683. The van der Waals surface area contributed by atoms with E-state index in [1.54, 1.807) is 0 Å². The Morgan fingerprint density at radius 3 is 2.50 bits per heavy atom. The van der Waals surface area contributed by atoms with Crippen molar-refractivity contribution >= 4 is 50.5 Å². The first kappa shape index (κ1) is 6.64. The van der Waals surface area contributed by atoms with Gasteiger partial charge in [-0.15, -0.1) is 11.3 Å². The Morgan fingerprint density at radius 1 is 1.75 bits per heavy atom. The van der Waals surface area contributed by atoms with E-state index in [-0.39, 0.29) is 0 Å². The number of halogens is 2. The van der Waals surface area contributed by atoms with E-state index in [0.717, 1.165) is 12.9 Å². The molecule has 1 rings (SSSR count). The van der Waals surface area contributed by atoms with Gasteiger partial charge in [0.25, 0.3) is 0 Å². The number of hydrogen-bond acceptors (Lipinski definition) is 2. The van der Waals surface area contributed by atoms with Crippen LogP contribution in [0.5, 0.6) is 0 Å². The fraction of sp³-hybridized carbons (Fsp3) is 0. The molecule has 1 nitrogen and oxygen atoms in total. The summed E-state index contributed by atoms with van der Waals surface area (Å²) in [7, 11) is 0. The SMILES string of the molecule is Nc1sc(Cl)cc1I. The van der Waals surface area contributed by atoms with Gasteiger partial charge in [0.05, 0.1) is 4.34 Å². The minimum atomic E-state index is 0.756. The first-order valence-corrected chi connectivity index (χ1v) is 4.18. The van der Waals surface area contributed by atoms with Gasteiger partial charge in [-0.1, -0.05) is 11.6 Å². The molecule has 4 heteroatoms. The van der Waals surface area contributed by atoms with Crippen molar-refractivity contribution in [2.75, 3.05) is 5.73 Å². The molecule has 0 unspecified atom stereocenters. The summed E-state index contributed by atoms with van der Waals surface area (Å²) in [6, 6.07) is 1.85. The van der Waals surface area contributed by atoms with Gasteiger partial charge in [-0.25, -0.2) is 0 Å². The average molecular weight is 259 g/mol. The first-order valence-electron chi connectivity index (χ1n) is 1.90. The molecule has 0 fully saturated rings. The number of anilines is 1. The standard InChI is InChI=1S/C4H3ClINS/c5-3-1-2(6)4(7)8-3/h1H,7H2. The van der Waals surface area contributed by atoms with Crippen LogP contribution in [0.4, 0.5) is 5.00 Å². The van der Waals surface area contributed by atoms with Crippen LogP contribution in [0.2, 0.25) is 4.34 Å². The number of nitrogen functional groups attached to an aromatic ring is 1. The second-order valence-corrected chi connectivity index (χ2v) is 4.14. The van der Waals surface area contributed by atoms with Gasteiger partial charge >= 0.3 is 0 Å². The number of nitrogens with two attached hydrogens (primary N) is 1. The molecule has 0 spiro atoms. The lowest BCUT2D eigenvalue weighted by Crippen LogP contribution is -1.78. The van der Waals surface area contributed by atoms with E-state index in [1.807, 2.05) is 6.07 Å². The van der Waals surface area contributed by atoms with Crippen molar-refractivity contribution < 1.29 is 0 Å². The summed E-state index contributed by atoms with van der Waals surface area (Å²) in [5.74, 6) is 0. The van der Waals surface area contributed by atoms with Crippen LogP contribution in [0.1, 0.15) is 0 Å². The largest absolute Gasteiger partial charge is 0.390 e. The van der Waals surface area contributed by atoms with E-state index in [9.17, 15) is 0 Å². The molecule has 0 aliphatic heterocycles. The molecular weight excluding hydrogens is 256 g/mol. The van der Waals surface area contributed by atoms with Crippen molar-refractivity contribution in [3.05, 3.63) is 14.0 Å². The molecule has 1 aromatic heterocycles. The Morgan fingerprint density at radius 2 is 2.38 bits per heavy atom. The summed E-state index contributed by atoms with van der Waals surface area (Å²) in [6.07, 6.45) is 0. The molecule has 0 amide bonds. The van der Waals surface area contributed by atoms with Crippen molar-refractivity contribution in [3.63, 3.8) is 0 Å². The molecule has 44 valence electrons. The van der Waals surface area contributed by atoms with E-state index >= 15 is 0 Å². The minimum absolute atomic E-state index is 0.756. The highest BCUT2D eigenvalue weighted by molar-refractivity contribution is 14.1. The lowest BCUT2D eigenvalue weighted by atomic mass is 10.6. The van der Waals surface area contributed by atoms with Gasteiger partial charge in [0.1, 0.15) is 5.00 Å². The summed E-state index contributed by atoms with van der Waals surface area (Å²) >= 11 is 9.15. The van der Waals surface area contributed by atoms with E-state index in [2.05, 4.69) is 22.6 Å². The third kappa shape index (κ3) is 1.27. The van der Waals surface area contributed by atoms with E-state index < -0.39 is 0 Å². The maximum atomic E-state index is 5.60. The molecule has 0 bridgehead atoms. The number of thiophene rings is 1. The Hall–Kier alpha value is 0.520. The van der Waals surface area contributed by atoms with Crippen LogP contribution >= 0.6 is 45.5 Å². The summed E-state index contributed by atoms with van der Waals surface area (Å²) in [4.78, 5) is 0. The second-order valence-electron chi connectivity index (χ2n) is 1.26. The molecule has 0 saturated carbocycles. The highest BCUT2D eigenvalue weighted by Crippen LogP contribution is 2.29. The van der Waals surface area contributed by atoms with E-state index in [1.165, 1.54) is 11.3 Å². The Labute approximate surface area is 70.0 Å². The van der Waals surface area contributed by atoms with Crippen LogP contribution in [0.15, 0.2) is 6.07 Å². The molecule has 0 aliphatic carbocycles. The molecule has 0 aliphatic rings. The smallest absolute Gasteiger partial charge is 0.101 e. The lowest BCUT2D eigenvalue weighted by molar-refractivity contribution is 1.84. The molecular formula is C4H3ClINS. The second kappa shape index (κ2) is 2.41. The zero-order valence-corrected chi connectivity index (χ0v) is 7.55. The Balaban J connectivity index is 3.14. The van der Waals surface area contributed by atoms with Crippen molar-refractivity contribution in [3.8, 4) is 0 Å². The normalized spacial score (nSPS) is 9.75. The van der Waals surface area contributed by atoms with E-state index in [4.69, 9.17) is 17.3 Å². The van der Waals surface area contributed by atoms with Gasteiger partial charge in [-0.3, -0.25) is 0 Å². The molecule has 8 heavy (non-hydrogen) atoms. The Kier molecular flexibility index (Phi) is 2.00. The predicted octanol–water partition coefficient (Wildman–Crippen LogP) is 2.59. The Bertz CT molecular complexity index is 178.